The smallest absolute Gasteiger partial charge is 0.328 e. The molecule has 0 radical (unpaired) electrons. The average Bonchev–Trinajstić information content (AvgIpc) is 2.66. The zero-order valence-electron chi connectivity index (χ0n) is 16.9. The number of nitrogens with one attached hydrogen (secondary N) is 2. The number of carbonyl (C=O) groups excluding carboxylic acids is 3. The number of esters is 1. The molecule has 0 aromatic heterocycles. The minimum absolute atomic E-state index is 0.0165. The highest BCUT2D eigenvalue weighted by atomic mass is 35.5. The van der Waals surface area contributed by atoms with E-state index >= 15 is 0 Å². The molecule has 0 bridgehead atoms. The molecule has 2 N–H and O–H groups in total. The van der Waals surface area contributed by atoms with Gasteiger partial charge in [0.2, 0.25) is 0 Å². The van der Waals surface area contributed by atoms with E-state index in [1.807, 2.05) is 12.1 Å². The maximum absolute atomic E-state index is 12.2. The number of anilines is 1. The molecular weight excluding hydrogens is 392 g/mol. The van der Waals surface area contributed by atoms with Gasteiger partial charge in [0, 0.05) is 5.69 Å². The SMILES string of the molecule is CC(NC(=O)c1ccccc1Cl)C(=O)OCC(=O)Nc1ccc(C(C)(C)C)cc1. The van der Waals surface area contributed by atoms with E-state index in [2.05, 4.69) is 31.4 Å². The lowest BCUT2D eigenvalue weighted by Crippen LogP contribution is -2.40. The molecule has 2 rings (SSSR count). The van der Waals surface area contributed by atoms with Gasteiger partial charge >= 0.3 is 5.97 Å². The maximum Gasteiger partial charge on any atom is 0.328 e. The number of halogens is 1. The quantitative estimate of drug-likeness (QED) is 0.698. The second-order valence-corrected chi connectivity index (χ2v) is 8.07. The Hall–Kier alpha value is -2.86. The highest BCUT2D eigenvalue weighted by Crippen LogP contribution is 2.23. The predicted molar refractivity (Wildman–Crippen MR) is 113 cm³/mol. The topological polar surface area (TPSA) is 84.5 Å². The Labute approximate surface area is 175 Å². The molecule has 154 valence electrons. The van der Waals surface area contributed by atoms with Crippen LogP contribution in [0.2, 0.25) is 5.02 Å². The van der Waals surface area contributed by atoms with Gasteiger partial charge in [-0.25, -0.2) is 4.79 Å². The fraction of sp³-hybridized carbons (Fsp3) is 0.318. The Balaban J connectivity index is 1.82. The molecule has 0 saturated carbocycles. The average molecular weight is 417 g/mol. The summed E-state index contributed by atoms with van der Waals surface area (Å²) in [6.07, 6.45) is 0. The van der Waals surface area contributed by atoms with Gasteiger partial charge in [-0.05, 0) is 42.2 Å². The maximum atomic E-state index is 12.2. The summed E-state index contributed by atoms with van der Waals surface area (Å²) < 4.78 is 4.98. The minimum atomic E-state index is -0.933. The van der Waals surface area contributed by atoms with Crippen molar-refractivity contribution in [2.45, 2.75) is 39.2 Å². The summed E-state index contributed by atoms with van der Waals surface area (Å²) in [6, 6.07) is 13.0. The van der Waals surface area contributed by atoms with Gasteiger partial charge in [0.25, 0.3) is 11.8 Å². The van der Waals surface area contributed by atoms with Crippen LogP contribution in [0.3, 0.4) is 0 Å². The van der Waals surface area contributed by atoms with Crippen LogP contribution in [0.4, 0.5) is 5.69 Å². The summed E-state index contributed by atoms with van der Waals surface area (Å²) in [5, 5.41) is 5.45. The number of rotatable bonds is 6. The van der Waals surface area contributed by atoms with Crippen LogP contribution in [0.5, 0.6) is 0 Å². The van der Waals surface area contributed by atoms with Gasteiger partial charge in [-0.3, -0.25) is 9.59 Å². The van der Waals surface area contributed by atoms with Gasteiger partial charge in [-0.15, -0.1) is 0 Å². The fourth-order valence-corrected chi connectivity index (χ4v) is 2.71. The van der Waals surface area contributed by atoms with E-state index in [-0.39, 0.29) is 16.0 Å². The monoisotopic (exact) mass is 416 g/mol. The summed E-state index contributed by atoms with van der Waals surface area (Å²) in [5.74, 6) is -1.68. The fourth-order valence-electron chi connectivity index (χ4n) is 2.49. The Morgan fingerprint density at radius 3 is 2.24 bits per heavy atom. The van der Waals surface area contributed by atoms with E-state index in [0.29, 0.717) is 5.69 Å². The third-order valence-corrected chi connectivity index (χ3v) is 4.53. The summed E-state index contributed by atoms with van der Waals surface area (Å²) >= 11 is 5.97. The van der Waals surface area contributed by atoms with E-state index in [1.165, 1.54) is 6.92 Å². The van der Waals surface area contributed by atoms with Gasteiger partial charge in [0.15, 0.2) is 6.61 Å². The largest absolute Gasteiger partial charge is 0.454 e. The normalized spacial score (nSPS) is 12.0. The van der Waals surface area contributed by atoms with Crippen LogP contribution in [0.25, 0.3) is 0 Å². The molecule has 0 saturated heterocycles. The third kappa shape index (κ3) is 6.61. The van der Waals surface area contributed by atoms with Crippen LogP contribution < -0.4 is 10.6 Å². The van der Waals surface area contributed by atoms with Crippen LogP contribution in [0, 0.1) is 0 Å². The standard InChI is InChI=1S/C22H25ClN2O4/c1-14(24-20(27)17-7-5-6-8-18(17)23)21(28)29-13-19(26)25-16-11-9-15(10-12-16)22(2,3)4/h5-12,14H,13H2,1-4H3,(H,24,27)(H,25,26). The first kappa shape index (κ1) is 22.4. The first-order chi connectivity index (χ1) is 13.6. The number of hydrogen-bond acceptors (Lipinski definition) is 4. The third-order valence-electron chi connectivity index (χ3n) is 4.20. The molecule has 7 heteroatoms. The van der Waals surface area contributed by atoms with E-state index < -0.39 is 30.4 Å². The Kier molecular flexibility index (Phi) is 7.40. The van der Waals surface area contributed by atoms with Crippen molar-refractivity contribution in [1.82, 2.24) is 5.32 Å². The van der Waals surface area contributed by atoms with Crippen molar-refractivity contribution in [2.24, 2.45) is 0 Å². The number of hydrogen-bond donors (Lipinski definition) is 2. The van der Waals surface area contributed by atoms with Gasteiger partial charge < -0.3 is 15.4 Å². The number of benzene rings is 2. The summed E-state index contributed by atoms with van der Waals surface area (Å²) in [6.45, 7) is 7.33. The van der Waals surface area contributed by atoms with Crippen molar-refractivity contribution in [3.63, 3.8) is 0 Å². The summed E-state index contributed by atoms with van der Waals surface area (Å²) in [5.41, 5.74) is 2.03. The number of ether oxygens (including phenoxy) is 1. The molecular formula is C22H25ClN2O4. The van der Waals surface area contributed by atoms with E-state index in [9.17, 15) is 14.4 Å². The molecule has 0 aliphatic rings. The molecule has 6 nitrogen and oxygen atoms in total. The van der Waals surface area contributed by atoms with Gasteiger partial charge in [0.1, 0.15) is 6.04 Å². The summed E-state index contributed by atoms with van der Waals surface area (Å²) in [7, 11) is 0. The van der Waals surface area contributed by atoms with Gasteiger partial charge in [0.05, 0.1) is 10.6 Å². The second-order valence-electron chi connectivity index (χ2n) is 7.66. The molecule has 0 fully saturated rings. The van der Waals surface area contributed by atoms with Crippen LogP contribution in [0.15, 0.2) is 48.5 Å². The van der Waals surface area contributed by atoms with E-state index in [1.54, 1.807) is 36.4 Å². The van der Waals surface area contributed by atoms with E-state index in [0.717, 1.165) is 5.56 Å². The molecule has 2 aromatic rings. The molecule has 29 heavy (non-hydrogen) atoms. The Morgan fingerprint density at radius 1 is 1.03 bits per heavy atom. The van der Waals surface area contributed by atoms with Crippen LogP contribution >= 0.6 is 11.6 Å². The molecule has 0 aliphatic carbocycles. The van der Waals surface area contributed by atoms with Gasteiger partial charge in [-0.2, -0.15) is 0 Å². The Bertz CT molecular complexity index is 888. The predicted octanol–water partition coefficient (Wildman–Crippen LogP) is 3.94. The van der Waals surface area contributed by atoms with Crippen molar-refractivity contribution >= 4 is 35.1 Å². The lowest BCUT2D eigenvalue weighted by Gasteiger charge is -2.19. The lowest BCUT2D eigenvalue weighted by atomic mass is 9.87. The van der Waals surface area contributed by atoms with Crippen molar-refractivity contribution < 1.29 is 19.1 Å². The molecule has 0 heterocycles. The highest BCUT2D eigenvalue weighted by Gasteiger charge is 2.20. The minimum Gasteiger partial charge on any atom is -0.454 e. The highest BCUT2D eigenvalue weighted by molar-refractivity contribution is 6.33. The van der Waals surface area contributed by atoms with Crippen LogP contribution in [-0.4, -0.2) is 30.4 Å². The number of carbonyl (C=O) groups is 3. The first-order valence-corrected chi connectivity index (χ1v) is 9.58. The summed E-state index contributed by atoms with van der Waals surface area (Å²) in [4.78, 5) is 36.2. The Morgan fingerprint density at radius 2 is 1.66 bits per heavy atom. The molecule has 2 aromatic carbocycles. The van der Waals surface area contributed by atoms with Crippen molar-refractivity contribution in [1.29, 1.82) is 0 Å². The lowest BCUT2D eigenvalue weighted by molar-refractivity contribution is -0.148. The van der Waals surface area contributed by atoms with Crippen LogP contribution in [0.1, 0.15) is 43.6 Å². The zero-order chi connectivity index (χ0) is 21.6. The second kappa shape index (κ2) is 9.56. The molecule has 2 amide bonds. The molecule has 1 atom stereocenters. The van der Waals surface area contributed by atoms with Crippen LogP contribution in [-0.2, 0) is 19.7 Å². The number of amides is 2. The first-order valence-electron chi connectivity index (χ1n) is 9.20. The molecule has 1 unspecified atom stereocenters. The van der Waals surface area contributed by atoms with Crippen molar-refractivity contribution in [2.75, 3.05) is 11.9 Å². The van der Waals surface area contributed by atoms with Gasteiger partial charge in [-0.1, -0.05) is 56.6 Å². The zero-order valence-corrected chi connectivity index (χ0v) is 17.7. The molecule has 0 spiro atoms. The van der Waals surface area contributed by atoms with Crippen molar-refractivity contribution in [3.05, 3.63) is 64.7 Å². The molecule has 0 aliphatic heterocycles. The van der Waals surface area contributed by atoms with Crippen molar-refractivity contribution in [3.8, 4) is 0 Å². The van der Waals surface area contributed by atoms with E-state index in [4.69, 9.17) is 16.3 Å².